The summed E-state index contributed by atoms with van der Waals surface area (Å²) < 4.78 is 0. The van der Waals surface area contributed by atoms with Crippen LogP contribution < -0.4 is 11.1 Å². The van der Waals surface area contributed by atoms with Crippen molar-refractivity contribution < 1.29 is 4.79 Å². The van der Waals surface area contributed by atoms with Crippen LogP contribution in [0.5, 0.6) is 0 Å². The number of benzene rings is 1. The lowest BCUT2D eigenvalue weighted by atomic mass is 9.87. The Labute approximate surface area is 122 Å². The van der Waals surface area contributed by atoms with Crippen molar-refractivity contribution in [3.05, 3.63) is 51.7 Å². The first-order valence-corrected chi connectivity index (χ1v) is 7.85. The molecule has 1 aliphatic rings. The molecule has 1 heterocycles. The number of amides is 1. The van der Waals surface area contributed by atoms with Crippen LogP contribution in [0.15, 0.2) is 35.0 Å². The van der Waals surface area contributed by atoms with E-state index >= 15 is 0 Å². The van der Waals surface area contributed by atoms with Crippen LogP contribution in [0.3, 0.4) is 0 Å². The minimum atomic E-state index is 0.0954. The fraction of sp³-hybridized carbons (Fsp3) is 0.312. The van der Waals surface area contributed by atoms with Gasteiger partial charge in [-0.1, -0.05) is 6.07 Å². The van der Waals surface area contributed by atoms with Gasteiger partial charge in [0.25, 0.3) is 0 Å². The zero-order valence-corrected chi connectivity index (χ0v) is 12.1. The maximum absolute atomic E-state index is 12.1. The van der Waals surface area contributed by atoms with Crippen molar-refractivity contribution in [2.24, 2.45) is 0 Å². The van der Waals surface area contributed by atoms with Crippen LogP contribution in [-0.2, 0) is 17.6 Å². The van der Waals surface area contributed by atoms with Crippen LogP contribution in [0.4, 0.5) is 5.69 Å². The Balaban J connectivity index is 1.71. The molecule has 0 aliphatic heterocycles. The molecule has 0 bridgehead atoms. The lowest BCUT2D eigenvalue weighted by molar-refractivity contribution is -0.121. The molecule has 1 aromatic carbocycles. The van der Waals surface area contributed by atoms with E-state index in [1.165, 1.54) is 11.1 Å². The summed E-state index contributed by atoms with van der Waals surface area (Å²) in [5.41, 5.74) is 10.2. The third-order valence-corrected chi connectivity index (χ3v) is 4.49. The zero-order chi connectivity index (χ0) is 13.9. The van der Waals surface area contributed by atoms with Gasteiger partial charge in [-0.15, -0.1) is 0 Å². The van der Waals surface area contributed by atoms with Crippen LogP contribution in [0, 0.1) is 0 Å². The molecule has 0 saturated heterocycles. The van der Waals surface area contributed by atoms with Gasteiger partial charge in [0.05, 0.1) is 12.5 Å². The molecule has 20 heavy (non-hydrogen) atoms. The Hall–Kier alpha value is -1.81. The summed E-state index contributed by atoms with van der Waals surface area (Å²) in [6.07, 6.45) is 3.62. The first-order chi connectivity index (χ1) is 9.72. The lowest BCUT2D eigenvalue weighted by Crippen LogP contribution is -2.32. The Bertz CT molecular complexity index is 607. The second-order valence-electron chi connectivity index (χ2n) is 5.28. The first-order valence-electron chi connectivity index (χ1n) is 6.91. The number of hydrogen-bond donors (Lipinski definition) is 2. The second kappa shape index (κ2) is 5.67. The van der Waals surface area contributed by atoms with E-state index in [1.807, 2.05) is 29.0 Å². The smallest absolute Gasteiger partial charge is 0.224 e. The molecule has 3 N–H and O–H groups in total. The number of rotatable bonds is 3. The number of hydrogen-bond acceptors (Lipinski definition) is 3. The van der Waals surface area contributed by atoms with E-state index in [-0.39, 0.29) is 11.9 Å². The highest BCUT2D eigenvalue weighted by Crippen LogP contribution is 2.31. The molecule has 4 heteroatoms. The molecule has 1 unspecified atom stereocenters. The molecule has 0 fully saturated rings. The third-order valence-electron chi connectivity index (χ3n) is 3.76. The summed E-state index contributed by atoms with van der Waals surface area (Å²) in [5, 5.41) is 7.18. The Morgan fingerprint density at radius 2 is 2.30 bits per heavy atom. The normalized spacial score (nSPS) is 17.5. The largest absolute Gasteiger partial charge is 0.399 e. The van der Waals surface area contributed by atoms with Crippen LogP contribution in [0.25, 0.3) is 0 Å². The van der Waals surface area contributed by atoms with Crippen molar-refractivity contribution in [1.82, 2.24) is 5.32 Å². The van der Waals surface area contributed by atoms with Crippen LogP contribution in [-0.4, -0.2) is 5.91 Å². The average molecular weight is 286 g/mol. The molecular formula is C16H18N2OS. The monoisotopic (exact) mass is 286 g/mol. The summed E-state index contributed by atoms with van der Waals surface area (Å²) in [6, 6.07) is 8.14. The number of nitrogens with two attached hydrogens (primary N) is 1. The van der Waals surface area contributed by atoms with Gasteiger partial charge in [0.1, 0.15) is 0 Å². The van der Waals surface area contributed by atoms with E-state index in [0.29, 0.717) is 6.42 Å². The lowest BCUT2D eigenvalue weighted by Gasteiger charge is -2.26. The fourth-order valence-corrected chi connectivity index (χ4v) is 3.48. The minimum absolute atomic E-state index is 0.0954. The van der Waals surface area contributed by atoms with Gasteiger partial charge in [-0.05, 0) is 64.9 Å². The number of nitrogen functional groups attached to an aromatic ring is 1. The van der Waals surface area contributed by atoms with Crippen molar-refractivity contribution in [3.63, 3.8) is 0 Å². The molecule has 0 saturated carbocycles. The van der Waals surface area contributed by atoms with Crippen LogP contribution in [0.1, 0.15) is 35.6 Å². The zero-order valence-electron chi connectivity index (χ0n) is 11.3. The quantitative estimate of drug-likeness (QED) is 0.852. The molecule has 3 rings (SSSR count). The highest BCUT2D eigenvalue weighted by atomic mass is 32.1. The topological polar surface area (TPSA) is 55.1 Å². The van der Waals surface area contributed by atoms with Gasteiger partial charge in [0.15, 0.2) is 0 Å². The number of nitrogens with one attached hydrogen (secondary N) is 1. The van der Waals surface area contributed by atoms with Crippen molar-refractivity contribution in [2.75, 3.05) is 5.73 Å². The van der Waals surface area contributed by atoms with Crippen molar-refractivity contribution in [2.45, 2.75) is 31.7 Å². The van der Waals surface area contributed by atoms with Crippen molar-refractivity contribution in [3.8, 4) is 0 Å². The number of anilines is 1. The predicted molar refractivity (Wildman–Crippen MR) is 82.7 cm³/mol. The van der Waals surface area contributed by atoms with Gasteiger partial charge in [0, 0.05) is 5.69 Å². The van der Waals surface area contributed by atoms with Gasteiger partial charge in [-0.2, -0.15) is 11.3 Å². The van der Waals surface area contributed by atoms with E-state index in [4.69, 9.17) is 5.73 Å². The molecule has 1 aliphatic carbocycles. The summed E-state index contributed by atoms with van der Waals surface area (Å²) >= 11 is 1.62. The number of fused-ring (bicyclic) bond motifs is 1. The maximum atomic E-state index is 12.1. The summed E-state index contributed by atoms with van der Waals surface area (Å²) in [7, 11) is 0. The first kappa shape index (κ1) is 13.2. The fourth-order valence-electron chi connectivity index (χ4n) is 2.81. The van der Waals surface area contributed by atoms with Gasteiger partial charge in [-0.3, -0.25) is 4.79 Å². The van der Waals surface area contributed by atoms with Gasteiger partial charge < -0.3 is 11.1 Å². The number of aryl methyl sites for hydroxylation is 1. The van der Waals surface area contributed by atoms with Crippen molar-refractivity contribution >= 4 is 22.9 Å². The molecule has 1 amide bonds. The van der Waals surface area contributed by atoms with Crippen LogP contribution in [0.2, 0.25) is 0 Å². The molecular weight excluding hydrogens is 268 g/mol. The van der Waals surface area contributed by atoms with E-state index in [0.717, 1.165) is 30.5 Å². The highest BCUT2D eigenvalue weighted by Gasteiger charge is 2.21. The van der Waals surface area contributed by atoms with Crippen molar-refractivity contribution in [1.29, 1.82) is 0 Å². The predicted octanol–water partition coefficient (Wildman–Crippen LogP) is 3.07. The molecule has 104 valence electrons. The van der Waals surface area contributed by atoms with E-state index < -0.39 is 0 Å². The maximum Gasteiger partial charge on any atom is 0.224 e. The Kier molecular flexibility index (Phi) is 3.74. The van der Waals surface area contributed by atoms with Crippen LogP contribution >= 0.6 is 11.3 Å². The molecule has 0 radical (unpaired) electrons. The third kappa shape index (κ3) is 2.85. The molecule has 0 spiro atoms. The minimum Gasteiger partial charge on any atom is -0.399 e. The molecule has 1 atom stereocenters. The summed E-state index contributed by atoms with van der Waals surface area (Å²) in [6.45, 7) is 0. The molecule has 3 nitrogen and oxygen atoms in total. The summed E-state index contributed by atoms with van der Waals surface area (Å²) in [5.74, 6) is 0.0954. The number of thiophene rings is 1. The highest BCUT2D eigenvalue weighted by molar-refractivity contribution is 7.07. The second-order valence-corrected chi connectivity index (χ2v) is 6.06. The molecule has 1 aromatic heterocycles. The van der Waals surface area contributed by atoms with Gasteiger partial charge in [0.2, 0.25) is 5.91 Å². The Morgan fingerprint density at radius 1 is 1.40 bits per heavy atom. The van der Waals surface area contributed by atoms with Gasteiger partial charge in [-0.25, -0.2) is 0 Å². The standard InChI is InChI=1S/C16H18N2OS/c17-13-4-5-14-12(9-13)2-1-3-15(14)18-16(19)8-11-6-7-20-10-11/h4-7,9-10,15H,1-3,8,17H2,(H,18,19). The Morgan fingerprint density at radius 3 is 3.10 bits per heavy atom. The van der Waals surface area contributed by atoms with E-state index in [2.05, 4.69) is 11.4 Å². The van der Waals surface area contributed by atoms with E-state index in [1.54, 1.807) is 11.3 Å². The average Bonchev–Trinajstić information content (AvgIpc) is 2.91. The van der Waals surface area contributed by atoms with Gasteiger partial charge >= 0.3 is 0 Å². The SMILES string of the molecule is Nc1ccc2c(c1)CCCC2NC(=O)Cc1ccsc1. The number of carbonyl (C=O) groups excluding carboxylic acids is 1. The molecule has 2 aromatic rings. The van der Waals surface area contributed by atoms with E-state index in [9.17, 15) is 4.79 Å². The summed E-state index contributed by atoms with van der Waals surface area (Å²) in [4.78, 5) is 12.1. The number of carbonyl (C=O) groups is 1.